The SMILES string of the molecule is COc1cc(Cl)c(C)cc1NC(=O)C1CCCN1S(=O)(=O)c1ccc(C)s1. The Hall–Kier alpha value is -1.61. The van der Waals surface area contributed by atoms with E-state index in [0.717, 1.165) is 10.4 Å². The van der Waals surface area contributed by atoms with Crippen LogP contribution < -0.4 is 10.1 Å². The Morgan fingerprint density at radius 1 is 1.33 bits per heavy atom. The van der Waals surface area contributed by atoms with Crippen LogP contribution in [0.25, 0.3) is 0 Å². The number of hydrogen-bond acceptors (Lipinski definition) is 5. The summed E-state index contributed by atoms with van der Waals surface area (Å²) < 4.78 is 32.7. The first-order valence-corrected chi connectivity index (χ1v) is 11.1. The molecule has 9 heteroatoms. The molecule has 1 aromatic heterocycles. The minimum Gasteiger partial charge on any atom is -0.495 e. The molecule has 1 aromatic carbocycles. The summed E-state index contributed by atoms with van der Waals surface area (Å²) >= 11 is 7.31. The van der Waals surface area contributed by atoms with Gasteiger partial charge in [-0.05, 0) is 50.5 Å². The Labute approximate surface area is 168 Å². The van der Waals surface area contributed by atoms with Gasteiger partial charge in [0.15, 0.2) is 0 Å². The molecule has 2 aromatic rings. The van der Waals surface area contributed by atoms with Gasteiger partial charge in [-0.3, -0.25) is 4.79 Å². The number of aryl methyl sites for hydroxylation is 2. The summed E-state index contributed by atoms with van der Waals surface area (Å²) in [6.07, 6.45) is 1.11. The van der Waals surface area contributed by atoms with Crippen molar-refractivity contribution in [2.75, 3.05) is 19.0 Å². The molecule has 1 saturated heterocycles. The van der Waals surface area contributed by atoms with E-state index in [2.05, 4.69) is 5.32 Å². The third-order valence-corrected chi connectivity index (χ3v) is 8.31. The maximum atomic E-state index is 13.0. The van der Waals surface area contributed by atoms with Crippen molar-refractivity contribution < 1.29 is 17.9 Å². The number of benzene rings is 1. The molecule has 1 N–H and O–H groups in total. The van der Waals surface area contributed by atoms with Gasteiger partial charge in [0.05, 0.1) is 12.8 Å². The van der Waals surface area contributed by atoms with E-state index in [-0.39, 0.29) is 10.1 Å². The molecule has 2 heterocycles. The lowest BCUT2D eigenvalue weighted by Crippen LogP contribution is -2.42. The van der Waals surface area contributed by atoms with Gasteiger partial charge < -0.3 is 10.1 Å². The number of halogens is 1. The average Bonchev–Trinajstić information content (AvgIpc) is 3.27. The van der Waals surface area contributed by atoms with Crippen LogP contribution in [0, 0.1) is 13.8 Å². The van der Waals surface area contributed by atoms with Crippen LogP contribution in [0.1, 0.15) is 23.3 Å². The molecule has 0 radical (unpaired) electrons. The Morgan fingerprint density at radius 2 is 2.07 bits per heavy atom. The van der Waals surface area contributed by atoms with Crippen molar-refractivity contribution in [3.05, 3.63) is 39.7 Å². The fraction of sp³-hybridized carbons (Fsp3) is 0.389. The van der Waals surface area contributed by atoms with E-state index in [4.69, 9.17) is 16.3 Å². The maximum Gasteiger partial charge on any atom is 0.253 e. The molecule has 1 aliphatic heterocycles. The first-order chi connectivity index (χ1) is 12.7. The summed E-state index contributed by atoms with van der Waals surface area (Å²) in [5.74, 6) is 0.0598. The van der Waals surface area contributed by atoms with Crippen LogP contribution >= 0.6 is 22.9 Å². The van der Waals surface area contributed by atoms with Gasteiger partial charge in [0.25, 0.3) is 10.0 Å². The second kappa shape index (κ2) is 7.79. The van der Waals surface area contributed by atoms with Crippen LogP contribution in [0.3, 0.4) is 0 Å². The van der Waals surface area contributed by atoms with Gasteiger partial charge in [-0.25, -0.2) is 8.42 Å². The number of hydrogen-bond donors (Lipinski definition) is 1. The summed E-state index contributed by atoms with van der Waals surface area (Å²) in [6.45, 7) is 4.00. The molecule has 1 unspecified atom stereocenters. The summed E-state index contributed by atoms with van der Waals surface area (Å²) in [5, 5.41) is 3.34. The predicted molar refractivity (Wildman–Crippen MR) is 107 cm³/mol. The fourth-order valence-corrected chi connectivity index (χ4v) is 6.32. The van der Waals surface area contributed by atoms with E-state index in [1.165, 1.54) is 22.8 Å². The molecule has 1 amide bonds. The molecule has 27 heavy (non-hydrogen) atoms. The molecule has 1 atom stereocenters. The number of sulfonamides is 1. The van der Waals surface area contributed by atoms with Crippen molar-refractivity contribution >= 4 is 44.6 Å². The number of methoxy groups -OCH3 is 1. The van der Waals surface area contributed by atoms with E-state index in [1.54, 1.807) is 24.3 Å². The van der Waals surface area contributed by atoms with Crippen molar-refractivity contribution in [3.63, 3.8) is 0 Å². The first-order valence-electron chi connectivity index (χ1n) is 8.47. The van der Waals surface area contributed by atoms with Crippen molar-refractivity contribution in [1.29, 1.82) is 0 Å². The van der Waals surface area contributed by atoms with Crippen LogP contribution in [0.4, 0.5) is 5.69 Å². The standard InChI is InChI=1S/C18H21ClN2O4S2/c1-11-9-14(16(25-3)10-13(11)19)20-18(22)15-5-4-8-21(15)27(23,24)17-7-6-12(2)26-17/h6-7,9-10,15H,4-5,8H2,1-3H3,(H,20,22). The highest BCUT2D eigenvalue weighted by molar-refractivity contribution is 7.91. The van der Waals surface area contributed by atoms with Crippen LogP contribution in [0.5, 0.6) is 5.75 Å². The summed E-state index contributed by atoms with van der Waals surface area (Å²) in [5.41, 5.74) is 1.26. The van der Waals surface area contributed by atoms with Crippen molar-refractivity contribution in [2.45, 2.75) is 36.9 Å². The topological polar surface area (TPSA) is 75.7 Å². The maximum absolute atomic E-state index is 13.0. The molecule has 0 spiro atoms. The zero-order valence-corrected chi connectivity index (χ0v) is 17.7. The monoisotopic (exact) mass is 428 g/mol. The molecule has 146 valence electrons. The Balaban J connectivity index is 1.85. The second-order valence-electron chi connectivity index (χ2n) is 6.43. The van der Waals surface area contributed by atoms with Crippen molar-refractivity contribution in [1.82, 2.24) is 4.31 Å². The molecule has 3 rings (SSSR count). The zero-order valence-electron chi connectivity index (χ0n) is 15.3. The van der Waals surface area contributed by atoms with Gasteiger partial charge in [-0.15, -0.1) is 11.3 Å². The molecule has 1 fully saturated rings. The number of carbonyl (C=O) groups excluding carboxylic acids is 1. The van der Waals surface area contributed by atoms with Crippen LogP contribution in [-0.4, -0.2) is 38.3 Å². The van der Waals surface area contributed by atoms with Gasteiger partial charge in [0, 0.05) is 22.5 Å². The number of ether oxygens (including phenoxy) is 1. The molecular formula is C18H21ClN2O4S2. The lowest BCUT2D eigenvalue weighted by molar-refractivity contribution is -0.119. The normalized spacial score (nSPS) is 17.9. The second-order valence-corrected chi connectivity index (χ2v) is 10.2. The van der Waals surface area contributed by atoms with E-state index < -0.39 is 16.1 Å². The third-order valence-electron chi connectivity index (χ3n) is 4.52. The third kappa shape index (κ3) is 3.99. The molecular weight excluding hydrogens is 408 g/mol. The molecule has 0 aliphatic carbocycles. The van der Waals surface area contributed by atoms with Crippen LogP contribution in [-0.2, 0) is 14.8 Å². The number of anilines is 1. The summed E-state index contributed by atoms with van der Waals surface area (Å²) in [4.78, 5) is 13.8. The smallest absolute Gasteiger partial charge is 0.253 e. The molecule has 1 aliphatic rings. The Bertz CT molecular complexity index is 972. The van der Waals surface area contributed by atoms with Crippen LogP contribution in [0.15, 0.2) is 28.5 Å². The van der Waals surface area contributed by atoms with Crippen LogP contribution in [0.2, 0.25) is 5.02 Å². The van der Waals surface area contributed by atoms with Gasteiger partial charge >= 0.3 is 0 Å². The molecule has 6 nitrogen and oxygen atoms in total. The highest BCUT2D eigenvalue weighted by atomic mass is 35.5. The number of nitrogens with one attached hydrogen (secondary N) is 1. The summed E-state index contributed by atoms with van der Waals surface area (Å²) in [7, 11) is -2.21. The first kappa shape index (κ1) is 20.1. The summed E-state index contributed by atoms with van der Waals surface area (Å²) in [6, 6.07) is 5.95. The van der Waals surface area contributed by atoms with E-state index >= 15 is 0 Å². The minimum absolute atomic E-state index is 0.264. The highest BCUT2D eigenvalue weighted by Gasteiger charge is 2.40. The Morgan fingerprint density at radius 3 is 2.70 bits per heavy atom. The van der Waals surface area contributed by atoms with Gasteiger partial charge in [-0.2, -0.15) is 4.31 Å². The van der Waals surface area contributed by atoms with E-state index in [1.807, 2.05) is 13.8 Å². The number of nitrogens with zero attached hydrogens (tertiary/aromatic N) is 1. The predicted octanol–water partition coefficient (Wildman–Crippen LogP) is 3.82. The minimum atomic E-state index is -3.70. The fourth-order valence-electron chi connectivity index (χ4n) is 3.10. The zero-order chi connectivity index (χ0) is 19.8. The largest absolute Gasteiger partial charge is 0.495 e. The highest BCUT2D eigenvalue weighted by Crippen LogP contribution is 2.33. The van der Waals surface area contributed by atoms with Gasteiger partial charge in [-0.1, -0.05) is 11.6 Å². The number of carbonyl (C=O) groups is 1. The van der Waals surface area contributed by atoms with Crippen molar-refractivity contribution in [2.24, 2.45) is 0 Å². The molecule has 0 saturated carbocycles. The average molecular weight is 429 g/mol. The molecule has 0 bridgehead atoms. The van der Waals surface area contributed by atoms with Gasteiger partial charge in [0.2, 0.25) is 5.91 Å². The number of thiophene rings is 1. The van der Waals surface area contributed by atoms with E-state index in [9.17, 15) is 13.2 Å². The lowest BCUT2D eigenvalue weighted by Gasteiger charge is -2.23. The number of amides is 1. The van der Waals surface area contributed by atoms with Gasteiger partial charge in [0.1, 0.15) is 16.0 Å². The van der Waals surface area contributed by atoms with E-state index in [0.29, 0.717) is 35.8 Å². The lowest BCUT2D eigenvalue weighted by atomic mass is 10.1. The number of rotatable bonds is 5. The van der Waals surface area contributed by atoms with Crippen molar-refractivity contribution in [3.8, 4) is 5.75 Å². The quantitative estimate of drug-likeness (QED) is 0.785. The Kier molecular flexibility index (Phi) is 5.81.